The molecule has 5 nitrogen and oxygen atoms in total. The van der Waals surface area contributed by atoms with E-state index in [4.69, 9.17) is 11.6 Å². The number of aromatic nitrogens is 4. The van der Waals surface area contributed by atoms with E-state index in [0.717, 1.165) is 23.5 Å². The van der Waals surface area contributed by atoms with E-state index in [2.05, 4.69) is 32.2 Å². The highest BCUT2D eigenvalue weighted by atomic mass is 35.5. The summed E-state index contributed by atoms with van der Waals surface area (Å²) in [6.45, 7) is 3.06. The minimum atomic E-state index is 0.221. The van der Waals surface area contributed by atoms with Gasteiger partial charge in [0.1, 0.15) is 22.4 Å². The highest BCUT2D eigenvalue weighted by Crippen LogP contribution is 2.26. The SMILES string of the molecule is CCCCCCNc1nc(Cl)nc2c(SC)ncnc12. The molecule has 0 amide bonds. The Labute approximate surface area is 128 Å². The van der Waals surface area contributed by atoms with Crippen LogP contribution < -0.4 is 5.32 Å². The van der Waals surface area contributed by atoms with Crippen molar-refractivity contribution in [3.63, 3.8) is 0 Å². The second-order valence-corrected chi connectivity index (χ2v) is 5.54. The lowest BCUT2D eigenvalue weighted by Gasteiger charge is -2.09. The molecule has 0 unspecified atom stereocenters. The lowest BCUT2D eigenvalue weighted by Crippen LogP contribution is -2.06. The normalized spacial score (nSPS) is 10.9. The second kappa shape index (κ2) is 7.59. The van der Waals surface area contributed by atoms with Crippen LogP contribution in [0.25, 0.3) is 11.0 Å². The third-order valence-corrected chi connectivity index (χ3v) is 3.79. The molecule has 20 heavy (non-hydrogen) atoms. The Morgan fingerprint density at radius 3 is 2.75 bits per heavy atom. The quantitative estimate of drug-likeness (QED) is 0.363. The van der Waals surface area contributed by atoms with Crippen molar-refractivity contribution >= 4 is 40.2 Å². The van der Waals surface area contributed by atoms with Crippen LogP contribution in [0.1, 0.15) is 32.6 Å². The van der Waals surface area contributed by atoms with Crippen LogP contribution in [0.3, 0.4) is 0 Å². The first-order valence-corrected chi connectivity index (χ1v) is 8.32. The first-order chi connectivity index (χ1) is 9.76. The number of anilines is 1. The van der Waals surface area contributed by atoms with Gasteiger partial charge in [0.15, 0.2) is 5.82 Å². The summed E-state index contributed by atoms with van der Waals surface area (Å²) in [5.74, 6) is 0.689. The maximum atomic E-state index is 5.99. The molecule has 0 atom stereocenters. The topological polar surface area (TPSA) is 63.6 Å². The fraction of sp³-hybridized carbons (Fsp3) is 0.538. The predicted molar refractivity (Wildman–Crippen MR) is 84.6 cm³/mol. The average Bonchev–Trinajstić information content (AvgIpc) is 2.46. The number of hydrogen-bond donors (Lipinski definition) is 1. The smallest absolute Gasteiger partial charge is 0.225 e. The Balaban J connectivity index is 2.20. The molecule has 0 radical (unpaired) electrons. The Kier molecular flexibility index (Phi) is 5.79. The van der Waals surface area contributed by atoms with E-state index in [1.165, 1.54) is 37.4 Å². The molecule has 0 bridgehead atoms. The number of thioether (sulfide) groups is 1. The molecule has 2 rings (SSSR count). The second-order valence-electron chi connectivity index (χ2n) is 4.41. The molecule has 0 aromatic carbocycles. The third-order valence-electron chi connectivity index (χ3n) is 2.94. The minimum absolute atomic E-state index is 0.221. The van der Waals surface area contributed by atoms with Gasteiger partial charge in [-0.15, -0.1) is 11.8 Å². The van der Waals surface area contributed by atoms with E-state index in [1.807, 2.05) is 6.26 Å². The number of fused-ring (bicyclic) bond motifs is 1. The van der Waals surface area contributed by atoms with Crippen LogP contribution in [0.15, 0.2) is 11.4 Å². The lowest BCUT2D eigenvalue weighted by molar-refractivity contribution is 0.684. The van der Waals surface area contributed by atoms with Crippen LogP contribution >= 0.6 is 23.4 Å². The van der Waals surface area contributed by atoms with Crippen molar-refractivity contribution in [3.05, 3.63) is 11.6 Å². The average molecular weight is 312 g/mol. The molecule has 7 heteroatoms. The molecule has 0 aliphatic rings. The highest BCUT2D eigenvalue weighted by molar-refractivity contribution is 7.98. The van der Waals surface area contributed by atoms with Gasteiger partial charge in [0.2, 0.25) is 5.28 Å². The van der Waals surface area contributed by atoms with Gasteiger partial charge >= 0.3 is 0 Å². The molecule has 108 valence electrons. The fourth-order valence-electron chi connectivity index (χ4n) is 1.93. The fourth-order valence-corrected chi connectivity index (χ4v) is 2.59. The molecule has 0 spiro atoms. The van der Waals surface area contributed by atoms with Gasteiger partial charge in [-0.05, 0) is 24.3 Å². The number of nitrogens with one attached hydrogen (secondary N) is 1. The summed E-state index contributed by atoms with van der Waals surface area (Å²) in [5, 5.41) is 4.34. The maximum absolute atomic E-state index is 5.99. The van der Waals surface area contributed by atoms with Crippen LogP contribution in [0.2, 0.25) is 5.28 Å². The summed E-state index contributed by atoms with van der Waals surface area (Å²) in [6.07, 6.45) is 8.30. The standard InChI is InChI=1S/C13H18ClN5S/c1-3-4-5-6-7-15-11-9-10(18-13(14)19-11)12(20-2)17-8-16-9/h8H,3-7H2,1-2H3,(H,15,18,19). The van der Waals surface area contributed by atoms with E-state index >= 15 is 0 Å². The van der Waals surface area contributed by atoms with Crippen molar-refractivity contribution in [1.82, 2.24) is 19.9 Å². The summed E-state index contributed by atoms with van der Waals surface area (Å²) in [4.78, 5) is 17.0. The molecule has 2 aromatic rings. The molecule has 0 aliphatic heterocycles. The Hall–Kier alpha value is -1.14. The largest absolute Gasteiger partial charge is 0.368 e. The van der Waals surface area contributed by atoms with Gasteiger partial charge in [-0.1, -0.05) is 26.2 Å². The highest BCUT2D eigenvalue weighted by Gasteiger charge is 2.11. The van der Waals surface area contributed by atoms with Crippen LogP contribution in [-0.4, -0.2) is 32.7 Å². The number of nitrogens with zero attached hydrogens (tertiary/aromatic N) is 4. The summed E-state index contributed by atoms with van der Waals surface area (Å²) in [6, 6.07) is 0. The molecular formula is C13H18ClN5S. The lowest BCUT2D eigenvalue weighted by atomic mass is 10.2. The van der Waals surface area contributed by atoms with Crippen molar-refractivity contribution in [1.29, 1.82) is 0 Å². The van der Waals surface area contributed by atoms with Gasteiger partial charge < -0.3 is 5.32 Å². The minimum Gasteiger partial charge on any atom is -0.368 e. The van der Waals surface area contributed by atoms with Crippen LogP contribution in [-0.2, 0) is 0 Å². The van der Waals surface area contributed by atoms with Crippen molar-refractivity contribution in [2.75, 3.05) is 18.1 Å². The molecular weight excluding hydrogens is 294 g/mol. The number of halogens is 1. The first kappa shape index (κ1) is 15.3. The molecule has 0 fully saturated rings. The van der Waals surface area contributed by atoms with Crippen molar-refractivity contribution in [2.45, 2.75) is 37.6 Å². The summed E-state index contributed by atoms with van der Waals surface area (Å²) < 4.78 is 0. The van der Waals surface area contributed by atoms with Crippen LogP contribution in [0, 0.1) is 0 Å². The van der Waals surface area contributed by atoms with E-state index < -0.39 is 0 Å². The van der Waals surface area contributed by atoms with E-state index in [-0.39, 0.29) is 5.28 Å². The molecule has 0 aliphatic carbocycles. The number of rotatable bonds is 7. The van der Waals surface area contributed by atoms with Gasteiger partial charge in [0.25, 0.3) is 0 Å². The van der Waals surface area contributed by atoms with Gasteiger partial charge in [-0.2, -0.15) is 4.98 Å². The zero-order valence-corrected chi connectivity index (χ0v) is 13.3. The van der Waals surface area contributed by atoms with Crippen molar-refractivity contribution in [3.8, 4) is 0 Å². The zero-order chi connectivity index (χ0) is 14.4. The Morgan fingerprint density at radius 2 is 2.00 bits per heavy atom. The molecule has 0 saturated heterocycles. The van der Waals surface area contributed by atoms with E-state index in [1.54, 1.807) is 0 Å². The van der Waals surface area contributed by atoms with Gasteiger partial charge in [-0.3, -0.25) is 0 Å². The summed E-state index contributed by atoms with van der Waals surface area (Å²) in [7, 11) is 0. The Bertz CT molecular complexity index is 578. The van der Waals surface area contributed by atoms with Crippen LogP contribution in [0.5, 0.6) is 0 Å². The van der Waals surface area contributed by atoms with Crippen molar-refractivity contribution < 1.29 is 0 Å². The molecule has 0 saturated carbocycles. The Morgan fingerprint density at radius 1 is 1.15 bits per heavy atom. The predicted octanol–water partition coefficient (Wildman–Crippen LogP) is 3.79. The van der Waals surface area contributed by atoms with Gasteiger partial charge in [0.05, 0.1) is 0 Å². The van der Waals surface area contributed by atoms with Crippen molar-refractivity contribution in [2.24, 2.45) is 0 Å². The van der Waals surface area contributed by atoms with E-state index in [9.17, 15) is 0 Å². The molecule has 2 heterocycles. The van der Waals surface area contributed by atoms with Gasteiger partial charge in [0, 0.05) is 6.54 Å². The zero-order valence-electron chi connectivity index (χ0n) is 11.7. The number of unbranched alkanes of at least 4 members (excludes halogenated alkanes) is 3. The summed E-state index contributed by atoms with van der Waals surface area (Å²) in [5.41, 5.74) is 1.43. The maximum Gasteiger partial charge on any atom is 0.225 e. The third kappa shape index (κ3) is 3.70. The number of hydrogen-bond acceptors (Lipinski definition) is 6. The molecule has 1 N–H and O–H groups in total. The van der Waals surface area contributed by atoms with Crippen LogP contribution in [0.4, 0.5) is 5.82 Å². The van der Waals surface area contributed by atoms with E-state index in [0.29, 0.717) is 11.3 Å². The monoisotopic (exact) mass is 311 g/mol. The molecule has 2 aromatic heterocycles. The van der Waals surface area contributed by atoms with Gasteiger partial charge in [-0.25, -0.2) is 15.0 Å². The first-order valence-electron chi connectivity index (χ1n) is 6.72. The summed E-state index contributed by atoms with van der Waals surface area (Å²) >= 11 is 7.51.